The second kappa shape index (κ2) is 8.04. The van der Waals surface area contributed by atoms with Crippen LogP contribution < -0.4 is 4.90 Å². The van der Waals surface area contributed by atoms with E-state index >= 15 is 0 Å². The van der Waals surface area contributed by atoms with Crippen molar-refractivity contribution in [3.63, 3.8) is 0 Å². The molecule has 1 aromatic carbocycles. The molecule has 1 aromatic heterocycles. The molecule has 0 radical (unpaired) electrons. The zero-order chi connectivity index (χ0) is 23.3. The van der Waals surface area contributed by atoms with Crippen LogP contribution in [-0.2, 0) is 27.4 Å². The fourth-order valence-electron chi connectivity index (χ4n) is 4.57. The van der Waals surface area contributed by atoms with E-state index in [0.717, 1.165) is 12.3 Å². The summed E-state index contributed by atoms with van der Waals surface area (Å²) >= 11 is 0. The van der Waals surface area contributed by atoms with Gasteiger partial charge in [0.15, 0.2) is 0 Å². The molecule has 1 saturated heterocycles. The van der Waals surface area contributed by atoms with Crippen LogP contribution in [0, 0.1) is 0 Å². The van der Waals surface area contributed by atoms with Crippen LogP contribution in [0.25, 0.3) is 0 Å². The lowest BCUT2D eigenvalue weighted by molar-refractivity contribution is -0.139. The minimum atomic E-state index is -4.48. The maximum absolute atomic E-state index is 13.5. The van der Waals surface area contributed by atoms with Crippen molar-refractivity contribution in [3.05, 3.63) is 59.3 Å². The first-order valence-electron chi connectivity index (χ1n) is 10.1. The average molecular weight is 469 g/mol. The molecule has 1 aliphatic carbocycles. The van der Waals surface area contributed by atoms with Crippen molar-refractivity contribution < 1.29 is 31.5 Å². The van der Waals surface area contributed by atoms with Crippen molar-refractivity contribution in [2.24, 2.45) is 0 Å². The predicted octanol–water partition coefficient (Wildman–Crippen LogP) is 2.73. The smallest absolute Gasteiger partial charge is 0.417 e. The number of piperazine rings is 1. The van der Waals surface area contributed by atoms with Crippen LogP contribution in [0.5, 0.6) is 0 Å². The molecule has 2 unspecified atom stereocenters. The van der Waals surface area contributed by atoms with Crippen LogP contribution in [0.3, 0.4) is 0 Å². The van der Waals surface area contributed by atoms with Crippen molar-refractivity contribution in [2.45, 2.75) is 36.7 Å². The number of carbonyl (C=O) groups is 1. The third-order valence-electron chi connectivity index (χ3n) is 6.12. The number of carboxylic acid groups (broad SMARTS) is 1. The minimum absolute atomic E-state index is 0.0887. The van der Waals surface area contributed by atoms with E-state index < -0.39 is 44.9 Å². The highest BCUT2D eigenvalue weighted by Gasteiger charge is 2.49. The molecule has 2 aromatic rings. The lowest BCUT2D eigenvalue weighted by atomic mass is 10.0. The van der Waals surface area contributed by atoms with Crippen molar-refractivity contribution >= 4 is 21.8 Å². The maximum atomic E-state index is 13.5. The molecule has 0 saturated carbocycles. The first-order chi connectivity index (χ1) is 15.0. The molecule has 3 atom stereocenters. The number of anilines is 1. The highest BCUT2D eigenvalue weighted by molar-refractivity contribution is 7.89. The summed E-state index contributed by atoms with van der Waals surface area (Å²) < 4.78 is 66.6. The quantitative estimate of drug-likeness (QED) is 0.741. The number of sulfonamides is 1. The van der Waals surface area contributed by atoms with Gasteiger partial charge in [0.05, 0.1) is 10.8 Å². The summed E-state index contributed by atoms with van der Waals surface area (Å²) in [7, 11) is -3.95. The molecule has 0 spiro atoms. The van der Waals surface area contributed by atoms with Gasteiger partial charge in [-0.05, 0) is 36.6 Å². The van der Waals surface area contributed by atoms with Gasteiger partial charge in [-0.25, -0.2) is 13.4 Å². The lowest BCUT2D eigenvalue weighted by Crippen LogP contribution is -2.57. The van der Waals surface area contributed by atoms with Crippen LogP contribution >= 0.6 is 0 Å². The Balaban J connectivity index is 1.53. The number of aliphatic carboxylic acids is 1. The number of hydrogen-bond acceptors (Lipinski definition) is 5. The number of benzene rings is 1. The number of carboxylic acids is 1. The third-order valence-corrected chi connectivity index (χ3v) is 8.52. The van der Waals surface area contributed by atoms with Crippen molar-refractivity contribution in [1.29, 1.82) is 0 Å². The molecule has 1 aliphatic heterocycles. The van der Waals surface area contributed by atoms with Crippen LogP contribution in [0.1, 0.15) is 29.5 Å². The fourth-order valence-corrected chi connectivity index (χ4v) is 6.82. The van der Waals surface area contributed by atoms with Gasteiger partial charge in [0.25, 0.3) is 0 Å². The van der Waals surface area contributed by atoms with E-state index in [2.05, 4.69) is 4.98 Å². The Hall–Kier alpha value is -2.66. The maximum Gasteiger partial charge on any atom is 0.417 e. The highest BCUT2D eigenvalue weighted by atomic mass is 32.2. The molecule has 0 amide bonds. The number of nitrogens with zero attached hydrogens (tertiary/aromatic N) is 3. The van der Waals surface area contributed by atoms with Crippen molar-refractivity contribution in [2.75, 3.05) is 24.5 Å². The molecule has 1 N–H and O–H groups in total. The first-order valence-corrected chi connectivity index (χ1v) is 11.6. The van der Waals surface area contributed by atoms with E-state index in [-0.39, 0.29) is 26.1 Å². The van der Waals surface area contributed by atoms with Gasteiger partial charge in [-0.15, -0.1) is 0 Å². The number of alkyl halides is 3. The van der Waals surface area contributed by atoms with Gasteiger partial charge in [-0.2, -0.15) is 17.5 Å². The van der Waals surface area contributed by atoms with Crippen LogP contribution in [-0.4, -0.2) is 59.7 Å². The molecule has 2 aliphatic rings. The molecular weight excluding hydrogens is 447 g/mol. The number of fused-ring (bicyclic) bond motifs is 1. The van der Waals surface area contributed by atoms with E-state index in [1.54, 1.807) is 36.1 Å². The SMILES string of the molecule is CC1CN(c2ccc(C(F)(F)F)cn2)CCN1S(=O)(=O)[C@@H]1Cc2ccccc2C1C(=O)O. The summed E-state index contributed by atoms with van der Waals surface area (Å²) in [6, 6.07) is 8.57. The summed E-state index contributed by atoms with van der Waals surface area (Å²) in [4.78, 5) is 17.6. The molecule has 2 heterocycles. The molecule has 7 nitrogen and oxygen atoms in total. The van der Waals surface area contributed by atoms with Gasteiger partial charge in [0, 0.05) is 31.9 Å². The largest absolute Gasteiger partial charge is 0.481 e. The fraction of sp³-hybridized carbons (Fsp3) is 0.429. The second-order valence-electron chi connectivity index (χ2n) is 8.11. The van der Waals surface area contributed by atoms with E-state index in [4.69, 9.17) is 0 Å². The summed E-state index contributed by atoms with van der Waals surface area (Å²) in [5.74, 6) is -1.99. The van der Waals surface area contributed by atoms with Crippen molar-refractivity contribution in [1.82, 2.24) is 9.29 Å². The normalized spacial score (nSPS) is 24.4. The van der Waals surface area contributed by atoms with Gasteiger partial charge in [-0.1, -0.05) is 24.3 Å². The summed E-state index contributed by atoms with van der Waals surface area (Å²) in [5, 5.41) is 8.65. The van der Waals surface area contributed by atoms with Gasteiger partial charge in [0.1, 0.15) is 11.7 Å². The molecule has 11 heteroatoms. The standard InChI is InChI=1S/C21H22F3N3O4S/c1-13-12-26(18-7-6-15(11-25-18)21(22,23)24)8-9-27(13)32(30,31)17-10-14-4-2-3-5-16(14)19(17)20(28)29/h2-7,11,13,17,19H,8-10,12H2,1H3,(H,28,29)/t13?,17-,19?/m1/s1. The summed E-state index contributed by atoms with van der Waals surface area (Å²) in [6.07, 6.45) is -3.59. The van der Waals surface area contributed by atoms with Crippen molar-refractivity contribution in [3.8, 4) is 0 Å². The highest BCUT2D eigenvalue weighted by Crippen LogP contribution is 2.39. The molecule has 32 heavy (non-hydrogen) atoms. The zero-order valence-corrected chi connectivity index (χ0v) is 18.0. The van der Waals surface area contributed by atoms with Crippen LogP contribution in [0.15, 0.2) is 42.6 Å². The van der Waals surface area contributed by atoms with Gasteiger partial charge in [-0.3, -0.25) is 4.79 Å². The molecule has 172 valence electrons. The topological polar surface area (TPSA) is 90.8 Å². The van der Waals surface area contributed by atoms with Gasteiger partial charge in [0.2, 0.25) is 10.0 Å². The number of hydrogen-bond donors (Lipinski definition) is 1. The Morgan fingerprint density at radius 1 is 1.16 bits per heavy atom. The summed E-state index contributed by atoms with van der Waals surface area (Å²) in [6.45, 7) is 2.26. The number of pyridine rings is 1. The zero-order valence-electron chi connectivity index (χ0n) is 17.2. The Labute approximate surface area is 183 Å². The number of aromatic nitrogens is 1. The number of halogens is 3. The number of rotatable bonds is 4. The Bertz CT molecular complexity index is 1120. The second-order valence-corrected chi connectivity index (χ2v) is 10.2. The minimum Gasteiger partial charge on any atom is -0.481 e. The van der Waals surface area contributed by atoms with E-state index in [1.165, 1.54) is 10.4 Å². The van der Waals surface area contributed by atoms with E-state index in [9.17, 15) is 31.5 Å². The Kier molecular flexibility index (Phi) is 5.66. The lowest BCUT2D eigenvalue weighted by Gasteiger charge is -2.41. The third kappa shape index (κ3) is 3.95. The molecular formula is C21H22F3N3O4S. The van der Waals surface area contributed by atoms with Crippen LogP contribution in [0.4, 0.5) is 19.0 Å². The molecule has 1 fully saturated rings. The van der Waals surface area contributed by atoms with Gasteiger partial charge >= 0.3 is 12.1 Å². The Morgan fingerprint density at radius 3 is 2.47 bits per heavy atom. The average Bonchev–Trinajstić information content (AvgIpc) is 3.14. The predicted molar refractivity (Wildman–Crippen MR) is 111 cm³/mol. The van der Waals surface area contributed by atoms with Gasteiger partial charge < -0.3 is 10.0 Å². The molecule has 4 rings (SSSR count). The Morgan fingerprint density at radius 2 is 1.88 bits per heavy atom. The summed E-state index contributed by atoms with van der Waals surface area (Å²) in [5.41, 5.74) is 0.388. The van der Waals surface area contributed by atoms with Crippen LogP contribution in [0.2, 0.25) is 0 Å². The van der Waals surface area contributed by atoms with E-state index in [1.807, 2.05) is 0 Å². The monoisotopic (exact) mass is 469 g/mol. The molecule has 0 bridgehead atoms. The first kappa shape index (κ1) is 22.5. The van der Waals surface area contributed by atoms with E-state index in [0.29, 0.717) is 16.9 Å².